The molecule has 0 saturated carbocycles. The van der Waals surface area contributed by atoms with Gasteiger partial charge in [-0.2, -0.15) is 0 Å². The van der Waals surface area contributed by atoms with Crippen molar-refractivity contribution in [3.8, 4) is 0 Å². The highest BCUT2D eigenvalue weighted by Gasteiger charge is 2.31. The Morgan fingerprint density at radius 1 is 1.59 bits per heavy atom. The van der Waals surface area contributed by atoms with Crippen molar-refractivity contribution in [3.63, 3.8) is 0 Å². The van der Waals surface area contributed by atoms with Crippen LogP contribution < -0.4 is 4.90 Å². The Morgan fingerprint density at radius 3 is 2.82 bits per heavy atom. The van der Waals surface area contributed by atoms with Crippen LogP contribution in [0.15, 0.2) is 12.3 Å². The molecule has 90 valence electrons. The lowest BCUT2D eigenvalue weighted by Gasteiger charge is -2.18. The Labute approximate surface area is 107 Å². The highest BCUT2D eigenvalue weighted by atomic mass is 35.5. The number of carbonyl (C=O) groups is 2. The van der Waals surface area contributed by atoms with E-state index < -0.39 is 5.97 Å². The SMILES string of the molecule is O=C(O)c1cnc(Cl)cc1N1CC(Cl)CC1=O. The van der Waals surface area contributed by atoms with Crippen LogP contribution in [-0.2, 0) is 4.79 Å². The fourth-order valence-electron chi connectivity index (χ4n) is 1.71. The van der Waals surface area contributed by atoms with E-state index in [2.05, 4.69) is 4.98 Å². The van der Waals surface area contributed by atoms with Gasteiger partial charge in [-0.3, -0.25) is 4.79 Å². The summed E-state index contributed by atoms with van der Waals surface area (Å²) in [5.74, 6) is -1.37. The van der Waals surface area contributed by atoms with E-state index in [1.165, 1.54) is 11.0 Å². The van der Waals surface area contributed by atoms with Gasteiger partial charge in [0, 0.05) is 25.2 Å². The van der Waals surface area contributed by atoms with Crippen molar-refractivity contribution in [1.29, 1.82) is 0 Å². The number of rotatable bonds is 2. The molecule has 1 aromatic heterocycles. The number of nitrogens with zero attached hydrogens (tertiary/aromatic N) is 2. The maximum absolute atomic E-state index is 11.7. The number of anilines is 1. The molecule has 0 bridgehead atoms. The molecular formula is C10H8Cl2N2O3. The van der Waals surface area contributed by atoms with Crippen LogP contribution in [0.5, 0.6) is 0 Å². The van der Waals surface area contributed by atoms with Crippen molar-refractivity contribution in [1.82, 2.24) is 4.98 Å². The van der Waals surface area contributed by atoms with Gasteiger partial charge < -0.3 is 10.0 Å². The van der Waals surface area contributed by atoms with Crippen molar-refractivity contribution >= 4 is 40.8 Å². The predicted octanol–water partition coefficient (Wildman–Crippen LogP) is 1.78. The van der Waals surface area contributed by atoms with Gasteiger partial charge in [0.1, 0.15) is 10.7 Å². The van der Waals surface area contributed by atoms with Crippen LogP contribution in [0.1, 0.15) is 16.8 Å². The molecule has 7 heteroatoms. The third-order valence-electron chi connectivity index (χ3n) is 2.45. The second-order valence-corrected chi connectivity index (χ2v) is 4.64. The van der Waals surface area contributed by atoms with E-state index in [0.717, 1.165) is 6.20 Å². The molecule has 2 heterocycles. The summed E-state index contributed by atoms with van der Waals surface area (Å²) in [5.41, 5.74) is 0.180. The van der Waals surface area contributed by atoms with E-state index in [0.29, 0.717) is 0 Å². The van der Waals surface area contributed by atoms with E-state index in [9.17, 15) is 9.59 Å². The molecule has 1 aromatic rings. The quantitative estimate of drug-likeness (QED) is 0.659. The molecule has 17 heavy (non-hydrogen) atoms. The second kappa shape index (κ2) is 4.50. The van der Waals surface area contributed by atoms with E-state index in [1.54, 1.807) is 0 Å². The molecule has 5 nitrogen and oxygen atoms in total. The van der Waals surface area contributed by atoms with Gasteiger partial charge in [-0.1, -0.05) is 11.6 Å². The molecule has 1 saturated heterocycles. The molecular weight excluding hydrogens is 267 g/mol. The summed E-state index contributed by atoms with van der Waals surface area (Å²) in [6.45, 7) is 0.279. The molecule has 1 aliphatic heterocycles. The van der Waals surface area contributed by atoms with Crippen LogP contribution >= 0.6 is 23.2 Å². The Morgan fingerprint density at radius 2 is 2.29 bits per heavy atom. The van der Waals surface area contributed by atoms with Crippen molar-refractivity contribution in [2.45, 2.75) is 11.8 Å². The lowest BCUT2D eigenvalue weighted by Crippen LogP contribution is -2.26. The molecule has 0 spiro atoms. The van der Waals surface area contributed by atoms with Gasteiger partial charge in [-0.05, 0) is 0 Å². The first-order valence-corrected chi connectivity index (χ1v) is 5.63. The molecule has 1 amide bonds. The van der Waals surface area contributed by atoms with Gasteiger partial charge in [-0.15, -0.1) is 11.6 Å². The Hall–Kier alpha value is -1.33. The van der Waals surface area contributed by atoms with Crippen molar-refractivity contribution < 1.29 is 14.7 Å². The highest BCUT2D eigenvalue weighted by Crippen LogP contribution is 2.28. The summed E-state index contributed by atoms with van der Waals surface area (Å²) in [4.78, 5) is 27.7. The Balaban J connectivity index is 2.46. The molecule has 1 atom stereocenters. The highest BCUT2D eigenvalue weighted by molar-refractivity contribution is 6.30. The third kappa shape index (κ3) is 2.35. The average Bonchev–Trinajstić information content (AvgIpc) is 2.57. The normalized spacial score (nSPS) is 19.8. The summed E-state index contributed by atoms with van der Waals surface area (Å²) >= 11 is 11.6. The third-order valence-corrected chi connectivity index (χ3v) is 2.95. The average molecular weight is 275 g/mol. The second-order valence-electron chi connectivity index (χ2n) is 3.64. The summed E-state index contributed by atoms with van der Waals surface area (Å²) in [6, 6.07) is 1.36. The van der Waals surface area contributed by atoms with E-state index in [-0.39, 0.29) is 40.7 Å². The number of amides is 1. The van der Waals surface area contributed by atoms with Crippen molar-refractivity contribution in [3.05, 3.63) is 23.0 Å². The summed E-state index contributed by atoms with van der Waals surface area (Å²) in [6.07, 6.45) is 1.33. The standard InChI is InChI=1S/C10H8Cl2N2O3/c11-5-1-9(15)14(4-5)7-2-8(12)13-3-6(7)10(16)17/h2-3,5H,1,4H2,(H,16,17). The van der Waals surface area contributed by atoms with Crippen LogP contribution in [0, 0.1) is 0 Å². The van der Waals surface area contributed by atoms with E-state index in [4.69, 9.17) is 28.3 Å². The predicted molar refractivity (Wildman–Crippen MR) is 62.8 cm³/mol. The number of carboxylic acid groups (broad SMARTS) is 1. The van der Waals surface area contributed by atoms with Crippen molar-refractivity contribution in [2.24, 2.45) is 0 Å². The first kappa shape index (κ1) is 12.1. The first-order valence-electron chi connectivity index (χ1n) is 4.82. The number of alkyl halides is 1. The van der Waals surface area contributed by atoms with Gasteiger partial charge in [0.05, 0.1) is 11.1 Å². The molecule has 0 radical (unpaired) electrons. The lowest BCUT2D eigenvalue weighted by atomic mass is 10.2. The van der Waals surface area contributed by atoms with E-state index >= 15 is 0 Å². The van der Waals surface area contributed by atoms with Gasteiger partial charge in [-0.25, -0.2) is 9.78 Å². The van der Waals surface area contributed by atoms with Crippen LogP contribution in [0.2, 0.25) is 5.15 Å². The zero-order chi connectivity index (χ0) is 12.6. The molecule has 1 N–H and O–H groups in total. The van der Waals surface area contributed by atoms with Crippen LogP contribution in [0.3, 0.4) is 0 Å². The number of hydrogen-bond donors (Lipinski definition) is 1. The Bertz CT molecular complexity index is 492. The smallest absolute Gasteiger partial charge is 0.339 e. The van der Waals surface area contributed by atoms with E-state index in [1.807, 2.05) is 0 Å². The summed E-state index contributed by atoms with van der Waals surface area (Å²) in [5, 5.41) is 8.84. The number of halogens is 2. The van der Waals surface area contributed by atoms with Gasteiger partial charge >= 0.3 is 5.97 Å². The monoisotopic (exact) mass is 274 g/mol. The van der Waals surface area contributed by atoms with Crippen LogP contribution in [-0.4, -0.2) is 33.9 Å². The number of aromatic nitrogens is 1. The number of carbonyl (C=O) groups excluding carboxylic acids is 1. The fraction of sp³-hybridized carbons (Fsp3) is 0.300. The number of carboxylic acids is 1. The largest absolute Gasteiger partial charge is 0.478 e. The number of aromatic carboxylic acids is 1. The minimum Gasteiger partial charge on any atom is -0.478 e. The minimum atomic E-state index is -1.16. The minimum absolute atomic E-state index is 0.0616. The number of hydrogen-bond acceptors (Lipinski definition) is 3. The van der Waals surface area contributed by atoms with Gasteiger partial charge in [0.2, 0.25) is 5.91 Å². The number of pyridine rings is 1. The zero-order valence-corrected chi connectivity index (χ0v) is 10.1. The van der Waals surface area contributed by atoms with Crippen LogP contribution in [0.4, 0.5) is 5.69 Å². The molecule has 0 aromatic carbocycles. The maximum atomic E-state index is 11.7. The molecule has 1 unspecified atom stereocenters. The Kier molecular flexibility index (Phi) is 3.22. The fourth-order valence-corrected chi connectivity index (χ4v) is 2.13. The molecule has 2 rings (SSSR count). The molecule has 1 aliphatic rings. The molecule has 0 aliphatic carbocycles. The summed E-state index contributed by atoms with van der Waals surface area (Å²) < 4.78 is 0. The van der Waals surface area contributed by atoms with Gasteiger partial charge in [0.15, 0.2) is 0 Å². The maximum Gasteiger partial charge on any atom is 0.339 e. The topological polar surface area (TPSA) is 70.5 Å². The summed E-state index contributed by atoms with van der Waals surface area (Å²) in [7, 11) is 0. The zero-order valence-electron chi connectivity index (χ0n) is 8.56. The van der Waals surface area contributed by atoms with Crippen LogP contribution in [0.25, 0.3) is 0 Å². The van der Waals surface area contributed by atoms with Gasteiger partial charge in [0.25, 0.3) is 0 Å². The van der Waals surface area contributed by atoms with Crippen molar-refractivity contribution in [2.75, 3.05) is 11.4 Å². The first-order chi connectivity index (χ1) is 7.99. The lowest BCUT2D eigenvalue weighted by molar-refractivity contribution is -0.117. The molecule has 1 fully saturated rings.